The molecule has 0 aromatic heterocycles. The number of rotatable bonds is 8. The maximum absolute atomic E-state index is 12.3. The molecule has 0 unspecified atom stereocenters. The van der Waals surface area contributed by atoms with E-state index in [9.17, 15) is 4.79 Å². The highest BCUT2D eigenvalue weighted by Gasteiger charge is 2.18. The monoisotopic (exact) mass is 354 g/mol. The zero-order valence-corrected chi connectivity index (χ0v) is 15.1. The maximum Gasteiger partial charge on any atom is 0.252 e. The van der Waals surface area contributed by atoms with Crippen LogP contribution in [0.25, 0.3) is 0 Å². The summed E-state index contributed by atoms with van der Waals surface area (Å²) in [6.45, 7) is 11.5. The Balaban J connectivity index is 2.68. The highest BCUT2D eigenvalue weighted by Crippen LogP contribution is 2.16. The summed E-state index contributed by atoms with van der Waals surface area (Å²) in [4.78, 5) is 14.7. The highest BCUT2D eigenvalue weighted by molar-refractivity contribution is 9.10. The van der Waals surface area contributed by atoms with Crippen LogP contribution in [0.1, 0.15) is 44.5 Å². The minimum absolute atomic E-state index is 0.0108. The van der Waals surface area contributed by atoms with Crippen LogP contribution in [-0.2, 0) is 0 Å². The predicted molar refractivity (Wildman–Crippen MR) is 92.6 cm³/mol. The molecule has 0 heterocycles. The smallest absolute Gasteiger partial charge is 0.252 e. The number of carbonyl (C=O) groups excluding carboxylic acids is 1. The van der Waals surface area contributed by atoms with Gasteiger partial charge in [0.25, 0.3) is 5.91 Å². The molecule has 1 rings (SSSR count). The average Bonchev–Trinajstić information content (AvgIpc) is 2.45. The van der Waals surface area contributed by atoms with Crippen molar-refractivity contribution in [1.82, 2.24) is 10.2 Å². The van der Waals surface area contributed by atoms with E-state index in [0.29, 0.717) is 24.1 Å². The van der Waals surface area contributed by atoms with Crippen molar-refractivity contribution in [3.05, 3.63) is 34.3 Å². The topological polar surface area (TPSA) is 32.3 Å². The van der Waals surface area contributed by atoms with Gasteiger partial charge in [0.15, 0.2) is 0 Å². The largest absolute Gasteiger partial charge is 0.350 e. The molecular formula is C17H27BrN2O. The first-order valence-corrected chi connectivity index (χ1v) is 8.55. The third-order valence-corrected chi connectivity index (χ3v) is 4.38. The lowest BCUT2D eigenvalue weighted by atomic mass is 10.0. The molecule has 0 saturated carbocycles. The van der Waals surface area contributed by atoms with Crippen LogP contribution < -0.4 is 5.32 Å². The molecule has 1 amide bonds. The molecular weight excluding hydrogens is 328 g/mol. The minimum atomic E-state index is -0.0108. The number of halogens is 1. The summed E-state index contributed by atoms with van der Waals surface area (Å²) in [5.41, 5.74) is 0.695. The van der Waals surface area contributed by atoms with Crippen molar-refractivity contribution >= 4 is 21.8 Å². The molecule has 1 aromatic carbocycles. The maximum atomic E-state index is 12.3. The first-order chi connectivity index (χ1) is 9.99. The van der Waals surface area contributed by atoms with Crippen molar-refractivity contribution in [2.75, 3.05) is 19.6 Å². The number of benzene rings is 1. The van der Waals surface area contributed by atoms with Crippen molar-refractivity contribution < 1.29 is 4.79 Å². The molecule has 0 aliphatic heterocycles. The lowest BCUT2D eigenvalue weighted by molar-refractivity contribution is 0.0928. The van der Waals surface area contributed by atoms with Crippen LogP contribution in [0, 0.1) is 5.92 Å². The van der Waals surface area contributed by atoms with Crippen molar-refractivity contribution in [2.45, 2.75) is 40.2 Å². The van der Waals surface area contributed by atoms with E-state index in [1.165, 1.54) is 0 Å². The van der Waals surface area contributed by atoms with Gasteiger partial charge in [-0.05, 0) is 53.5 Å². The molecule has 21 heavy (non-hydrogen) atoms. The molecule has 0 bridgehead atoms. The normalized spacial score (nSPS) is 12.7. The molecule has 1 atom stereocenters. The zero-order valence-electron chi connectivity index (χ0n) is 13.5. The van der Waals surface area contributed by atoms with Crippen LogP contribution >= 0.6 is 15.9 Å². The van der Waals surface area contributed by atoms with E-state index in [-0.39, 0.29) is 5.91 Å². The molecule has 0 radical (unpaired) electrons. The number of carbonyl (C=O) groups is 1. The van der Waals surface area contributed by atoms with Crippen LogP contribution in [0.2, 0.25) is 0 Å². The van der Waals surface area contributed by atoms with Crippen LogP contribution in [0.15, 0.2) is 28.7 Å². The molecule has 1 aromatic rings. The molecule has 0 fully saturated rings. The second kappa shape index (κ2) is 9.21. The Labute approximate surface area is 137 Å². The van der Waals surface area contributed by atoms with E-state index in [2.05, 4.69) is 53.8 Å². The third kappa shape index (κ3) is 5.79. The quantitative estimate of drug-likeness (QED) is 0.766. The van der Waals surface area contributed by atoms with Gasteiger partial charge in [-0.1, -0.05) is 39.8 Å². The van der Waals surface area contributed by atoms with Gasteiger partial charge >= 0.3 is 0 Å². The predicted octanol–water partition coefficient (Wildman–Crippen LogP) is 3.94. The Morgan fingerprint density at radius 2 is 1.86 bits per heavy atom. The summed E-state index contributed by atoms with van der Waals surface area (Å²) in [6, 6.07) is 7.93. The number of nitrogens with zero attached hydrogens (tertiary/aromatic N) is 1. The summed E-state index contributed by atoms with van der Waals surface area (Å²) in [6.07, 6.45) is 1.10. The van der Waals surface area contributed by atoms with Crippen molar-refractivity contribution in [2.24, 2.45) is 5.92 Å². The standard InChI is InChI=1S/C17H27BrN2O/c1-5-20(6-2)14(11-13(3)4)12-19-17(21)15-9-7-8-10-16(15)18/h7-10,13-14H,5-6,11-12H2,1-4H3,(H,19,21)/t14-/m0/s1. The number of likely N-dealkylation sites (N-methyl/N-ethyl adjacent to an activating group) is 1. The van der Waals surface area contributed by atoms with Crippen molar-refractivity contribution in [3.8, 4) is 0 Å². The van der Waals surface area contributed by atoms with E-state index in [0.717, 1.165) is 24.0 Å². The van der Waals surface area contributed by atoms with Crippen LogP contribution in [-0.4, -0.2) is 36.5 Å². The molecule has 0 aliphatic carbocycles. The van der Waals surface area contributed by atoms with Gasteiger partial charge in [0.1, 0.15) is 0 Å². The molecule has 118 valence electrons. The molecule has 3 nitrogen and oxygen atoms in total. The Morgan fingerprint density at radius 1 is 1.24 bits per heavy atom. The lowest BCUT2D eigenvalue weighted by Gasteiger charge is -2.31. The van der Waals surface area contributed by atoms with Crippen molar-refractivity contribution in [3.63, 3.8) is 0 Å². The fraction of sp³-hybridized carbons (Fsp3) is 0.588. The average molecular weight is 355 g/mol. The van der Waals surface area contributed by atoms with Gasteiger partial charge in [-0.2, -0.15) is 0 Å². The molecule has 0 saturated heterocycles. The second-order valence-electron chi connectivity index (χ2n) is 5.69. The molecule has 0 spiro atoms. The van der Waals surface area contributed by atoms with Crippen LogP contribution in [0.3, 0.4) is 0 Å². The third-order valence-electron chi connectivity index (χ3n) is 3.69. The highest BCUT2D eigenvalue weighted by atomic mass is 79.9. The fourth-order valence-electron chi connectivity index (χ4n) is 2.60. The van der Waals surface area contributed by atoms with Gasteiger partial charge in [-0.3, -0.25) is 9.69 Å². The summed E-state index contributed by atoms with van der Waals surface area (Å²) in [5.74, 6) is 0.611. The molecule has 0 aliphatic rings. The van der Waals surface area contributed by atoms with Gasteiger partial charge in [0, 0.05) is 17.1 Å². The summed E-state index contributed by atoms with van der Waals surface area (Å²) in [5, 5.41) is 3.08. The Kier molecular flexibility index (Phi) is 7.97. The van der Waals surface area contributed by atoms with E-state index >= 15 is 0 Å². The molecule has 4 heteroatoms. The Morgan fingerprint density at radius 3 is 2.38 bits per heavy atom. The summed E-state index contributed by atoms with van der Waals surface area (Å²) >= 11 is 3.43. The van der Waals surface area contributed by atoms with Gasteiger partial charge < -0.3 is 5.32 Å². The number of nitrogens with one attached hydrogen (secondary N) is 1. The van der Waals surface area contributed by atoms with Gasteiger partial charge in [0.05, 0.1) is 5.56 Å². The van der Waals surface area contributed by atoms with E-state index < -0.39 is 0 Å². The molecule has 1 N–H and O–H groups in total. The first kappa shape index (κ1) is 18.2. The Hall–Kier alpha value is -0.870. The number of amides is 1. The van der Waals surface area contributed by atoms with E-state index in [4.69, 9.17) is 0 Å². The lowest BCUT2D eigenvalue weighted by Crippen LogP contribution is -2.44. The number of hydrogen-bond donors (Lipinski definition) is 1. The Bertz CT molecular complexity index is 444. The number of hydrogen-bond acceptors (Lipinski definition) is 2. The van der Waals surface area contributed by atoms with Gasteiger partial charge in [-0.15, -0.1) is 0 Å². The van der Waals surface area contributed by atoms with Crippen LogP contribution in [0.4, 0.5) is 0 Å². The minimum Gasteiger partial charge on any atom is -0.350 e. The fourth-order valence-corrected chi connectivity index (χ4v) is 3.06. The van der Waals surface area contributed by atoms with Gasteiger partial charge in [-0.25, -0.2) is 0 Å². The van der Waals surface area contributed by atoms with Gasteiger partial charge in [0.2, 0.25) is 0 Å². The SMILES string of the molecule is CCN(CC)[C@H](CNC(=O)c1ccccc1Br)CC(C)C. The van der Waals surface area contributed by atoms with E-state index in [1.54, 1.807) is 0 Å². The summed E-state index contributed by atoms with van der Waals surface area (Å²) < 4.78 is 0.839. The summed E-state index contributed by atoms with van der Waals surface area (Å²) in [7, 11) is 0. The van der Waals surface area contributed by atoms with Crippen molar-refractivity contribution in [1.29, 1.82) is 0 Å². The van der Waals surface area contributed by atoms with E-state index in [1.807, 2.05) is 24.3 Å². The second-order valence-corrected chi connectivity index (χ2v) is 6.55. The first-order valence-electron chi connectivity index (χ1n) is 7.76. The van der Waals surface area contributed by atoms with Crippen LogP contribution in [0.5, 0.6) is 0 Å². The zero-order chi connectivity index (χ0) is 15.8.